The summed E-state index contributed by atoms with van der Waals surface area (Å²) in [6.07, 6.45) is 4.54. The van der Waals surface area contributed by atoms with E-state index in [2.05, 4.69) is 35.9 Å². The first-order valence-corrected chi connectivity index (χ1v) is 7.57. The van der Waals surface area contributed by atoms with Crippen LogP contribution in [0.4, 0.5) is 11.5 Å². The monoisotopic (exact) mass is 342 g/mol. The molecule has 0 aliphatic rings. The van der Waals surface area contributed by atoms with E-state index in [1.807, 2.05) is 0 Å². The summed E-state index contributed by atoms with van der Waals surface area (Å²) in [4.78, 5) is 7.93. The molecule has 2 heterocycles. The predicted octanol–water partition coefficient (Wildman–Crippen LogP) is 2.08. The van der Waals surface area contributed by atoms with Crippen LogP contribution in [0.25, 0.3) is 0 Å². The average Bonchev–Trinajstić information content (AvgIpc) is 2.41. The molecular formula is C11H11BrN4O2S. The average molecular weight is 343 g/mol. The molecule has 2 aromatic rings. The zero-order chi connectivity index (χ0) is 13.9. The normalized spacial score (nSPS) is 11.1. The highest BCUT2D eigenvalue weighted by atomic mass is 79.9. The van der Waals surface area contributed by atoms with Crippen LogP contribution >= 0.6 is 15.9 Å². The molecule has 2 N–H and O–H groups in total. The molecule has 0 bridgehead atoms. The van der Waals surface area contributed by atoms with Crippen molar-refractivity contribution in [2.75, 3.05) is 17.1 Å². The molecule has 0 aromatic carbocycles. The molecule has 0 spiro atoms. The van der Waals surface area contributed by atoms with Crippen molar-refractivity contribution in [2.45, 2.75) is 4.90 Å². The minimum Gasteiger partial charge on any atom is -0.372 e. The molecule has 0 aliphatic carbocycles. The highest BCUT2D eigenvalue weighted by Crippen LogP contribution is 2.25. The van der Waals surface area contributed by atoms with E-state index in [4.69, 9.17) is 0 Å². The number of halogens is 1. The van der Waals surface area contributed by atoms with Gasteiger partial charge in [0.1, 0.15) is 10.7 Å². The Kier molecular flexibility index (Phi) is 4.01. The first-order chi connectivity index (χ1) is 9.04. The van der Waals surface area contributed by atoms with Crippen molar-refractivity contribution >= 4 is 37.5 Å². The molecule has 0 radical (unpaired) electrons. The van der Waals surface area contributed by atoms with Gasteiger partial charge in [0.05, 0.1) is 10.2 Å². The van der Waals surface area contributed by atoms with Gasteiger partial charge in [-0.2, -0.15) is 0 Å². The van der Waals surface area contributed by atoms with Crippen LogP contribution in [0.5, 0.6) is 0 Å². The topological polar surface area (TPSA) is 84.0 Å². The molecule has 0 saturated heterocycles. The van der Waals surface area contributed by atoms with E-state index in [1.54, 1.807) is 19.2 Å². The predicted molar refractivity (Wildman–Crippen MR) is 76.5 cm³/mol. The molecule has 0 aliphatic heterocycles. The SMILES string of the molecule is CNc1ncccc1S(=O)(=O)Nc1ccncc1Br. The smallest absolute Gasteiger partial charge is 0.265 e. The third-order valence-electron chi connectivity index (χ3n) is 2.31. The van der Waals surface area contributed by atoms with E-state index >= 15 is 0 Å². The Labute approximate surface area is 119 Å². The van der Waals surface area contributed by atoms with Gasteiger partial charge in [0.25, 0.3) is 10.0 Å². The number of hydrogen-bond acceptors (Lipinski definition) is 5. The number of nitrogens with zero attached hydrogens (tertiary/aromatic N) is 2. The molecular weight excluding hydrogens is 332 g/mol. The second-order valence-electron chi connectivity index (χ2n) is 3.56. The fourth-order valence-electron chi connectivity index (χ4n) is 1.45. The summed E-state index contributed by atoms with van der Waals surface area (Å²) in [7, 11) is -2.10. The van der Waals surface area contributed by atoms with Crippen molar-refractivity contribution in [3.05, 3.63) is 41.3 Å². The zero-order valence-electron chi connectivity index (χ0n) is 9.96. The molecule has 6 nitrogen and oxygen atoms in total. The maximum atomic E-state index is 12.3. The van der Waals surface area contributed by atoms with Crippen molar-refractivity contribution in [1.82, 2.24) is 9.97 Å². The van der Waals surface area contributed by atoms with Crippen LogP contribution in [0.3, 0.4) is 0 Å². The second kappa shape index (κ2) is 5.54. The lowest BCUT2D eigenvalue weighted by atomic mass is 10.4. The molecule has 0 saturated carbocycles. The third-order valence-corrected chi connectivity index (χ3v) is 4.34. The summed E-state index contributed by atoms with van der Waals surface area (Å²) >= 11 is 3.24. The van der Waals surface area contributed by atoms with E-state index in [0.717, 1.165) is 0 Å². The van der Waals surface area contributed by atoms with Gasteiger partial charge in [0.15, 0.2) is 0 Å². The van der Waals surface area contributed by atoms with Crippen LogP contribution in [0.1, 0.15) is 0 Å². The van der Waals surface area contributed by atoms with E-state index in [0.29, 0.717) is 16.0 Å². The Morgan fingerprint density at radius 1 is 1.26 bits per heavy atom. The summed E-state index contributed by atoms with van der Waals surface area (Å²) in [6, 6.07) is 4.62. The highest BCUT2D eigenvalue weighted by molar-refractivity contribution is 9.10. The number of sulfonamides is 1. The van der Waals surface area contributed by atoms with E-state index in [-0.39, 0.29) is 4.90 Å². The second-order valence-corrected chi connectivity index (χ2v) is 6.07. The number of nitrogens with one attached hydrogen (secondary N) is 2. The van der Waals surface area contributed by atoms with Gasteiger partial charge >= 0.3 is 0 Å². The fraction of sp³-hybridized carbons (Fsp3) is 0.0909. The Balaban J connectivity index is 2.41. The number of rotatable bonds is 4. The van der Waals surface area contributed by atoms with Crippen LogP contribution in [0.2, 0.25) is 0 Å². The lowest BCUT2D eigenvalue weighted by Crippen LogP contribution is -2.15. The first kappa shape index (κ1) is 13.8. The molecule has 8 heteroatoms. The van der Waals surface area contributed by atoms with Gasteiger partial charge in [0, 0.05) is 25.6 Å². The number of aromatic nitrogens is 2. The largest absolute Gasteiger partial charge is 0.372 e. The lowest BCUT2D eigenvalue weighted by molar-refractivity contribution is 0.601. The third kappa shape index (κ3) is 3.02. The molecule has 0 fully saturated rings. The van der Waals surface area contributed by atoms with Gasteiger partial charge in [-0.3, -0.25) is 9.71 Å². The van der Waals surface area contributed by atoms with E-state index in [1.165, 1.54) is 24.7 Å². The molecule has 100 valence electrons. The summed E-state index contributed by atoms with van der Waals surface area (Å²) in [5.41, 5.74) is 0.418. The van der Waals surface area contributed by atoms with Gasteiger partial charge in [-0.1, -0.05) is 0 Å². The van der Waals surface area contributed by atoms with Crippen molar-refractivity contribution in [1.29, 1.82) is 0 Å². The van der Waals surface area contributed by atoms with Gasteiger partial charge in [-0.25, -0.2) is 13.4 Å². The first-order valence-electron chi connectivity index (χ1n) is 5.29. The fourth-order valence-corrected chi connectivity index (χ4v) is 3.18. The Morgan fingerprint density at radius 3 is 2.74 bits per heavy atom. The summed E-state index contributed by atoms with van der Waals surface area (Å²) in [5, 5.41) is 2.75. The highest BCUT2D eigenvalue weighted by Gasteiger charge is 2.19. The standard InChI is InChI=1S/C11H11BrN4O2S/c1-13-11-10(3-2-5-15-11)19(17,18)16-9-4-6-14-7-8(9)12/h2-7H,1H3,(H,13,15)(H,14,16). The van der Waals surface area contributed by atoms with Gasteiger partial charge in [-0.05, 0) is 34.1 Å². The Bertz CT molecular complexity index is 691. The van der Waals surface area contributed by atoms with Crippen LogP contribution in [0.15, 0.2) is 46.2 Å². The number of anilines is 2. The minimum atomic E-state index is -3.71. The van der Waals surface area contributed by atoms with Crippen molar-refractivity contribution in [3.63, 3.8) is 0 Å². The zero-order valence-corrected chi connectivity index (χ0v) is 12.4. The summed E-state index contributed by atoms with van der Waals surface area (Å²) < 4.78 is 27.6. The molecule has 2 rings (SSSR count). The maximum absolute atomic E-state index is 12.3. The Hall–Kier alpha value is -1.67. The maximum Gasteiger partial charge on any atom is 0.265 e. The van der Waals surface area contributed by atoms with Gasteiger partial charge in [-0.15, -0.1) is 0 Å². The van der Waals surface area contributed by atoms with Crippen molar-refractivity contribution in [3.8, 4) is 0 Å². The molecule has 2 aromatic heterocycles. The van der Waals surface area contributed by atoms with Crippen LogP contribution in [-0.2, 0) is 10.0 Å². The van der Waals surface area contributed by atoms with Crippen molar-refractivity contribution in [2.24, 2.45) is 0 Å². The molecule has 0 atom stereocenters. The minimum absolute atomic E-state index is 0.0845. The van der Waals surface area contributed by atoms with Crippen LogP contribution in [0, 0.1) is 0 Å². The number of pyridine rings is 2. The van der Waals surface area contributed by atoms with Crippen LogP contribution in [-0.4, -0.2) is 25.4 Å². The molecule has 0 unspecified atom stereocenters. The van der Waals surface area contributed by atoms with Gasteiger partial charge < -0.3 is 5.32 Å². The van der Waals surface area contributed by atoms with E-state index < -0.39 is 10.0 Å². The van der Waals surface area contributed by atoms with Crippen molar-refractivity contribution < 1.29 is 8.42 Å². The number of hydrogen-bond donors (Lipinski definition) is 2. The molecule has 0 amide bonds. The van der Waals surface area contributed by atoms with Crippen LogP contribution < -0.4 is 10.0 Å². The van der Waals surface area contributed by atoms with E-state index in [9.17, 15) is 8.42 Å². The Morgan fingerprint density at radius 2 is 2.05 bits per heavy atom. The quantitative estimate of drug-likeness (QED) is 0.888. The lowest BCUT2D eigenvalue weighted by Gasteiger charge is -2.11. The van der Waals surface area contributed by atoms with Gasteiger partial charge in [0.2, 0.25) is 0 Å². The summed E-state index contributed by atoms with van der Waals surface area (Å²) in [6.45, 7) is 0. The molecule has 19 heavy (non-hydrogen) atoms. The summed E-state index contributed by atoms with van der Waals surface area (Å²) in [5.74, 6) is 0.292.